The number of likely N-dealkylation sites (tertiary alicyclic amines) is 1. The van der Waals surface area contributed by atoms with E-state index in [0.29, 0.717) is 0 Å². The molecule has 0 bridgehead atoms. The van der Waals surface area contributed by atoms with Crippen molar-refractivity contribution >= 4 is 10.9 Å². The average Bonchev–Trinajstić information content (AvgIpc) is 3.19. The van der Waals surface area contributed by atoms with Crippen LogP contribution in [0.2, 0.25) is 0 Å². The van der Waals surface area contributed by atoms with Gasteiger partial charge in [-0.3, -0.25) is 14.6 Å². The molecule has 0 saturated carbocycles. The lowest BCUT2D eigenvalue weighted by Crippen LogP contribution is -2.21. The van der Waals surface area contributed by atoms with Gasteiger partial charge in [-0.1, -0.05) is 25.1 Å². The lowest BCUT2D eigenvalue weighted by Gasteiger charge is -2.16. The van der Waals surface area contributed by atoms with E-state index in [-0.39, 0.29) is 12.0 Å². The van der Waals surface area contributed by atoms with Crippen LogP contribution in [-0.4, -0.2) is 44.0 Å². The minimum Gasteiger partial charge on any atom is -0.391 e. The van der Waals surface area contributed by atoms with E-state index in [1.54, 1.807) is 0 Å². The van der Waals surface area contributed by atoms with Crippen molar-refractivity contribution in [1.82, 2.24) is 19.7 Å². The zero-order chi connectivity index (χ0) is 18.8. The van der Waals surface area contributed by atoms with E-state index < -0.39 is 0 Å². The van der Waals surface area contributed by atoms with E-state index >= 15 is 0 Å². The molecule has 1 aromatic carbocycles. The van der Waals surface area contributed by atoms with Crippen LogP contribution in [0.15, 0.2) is 42.7 Å². The molecule has 1 fully saturated rings. The first-order chi connectivity index (χ1) is 13.2. The van der Waals surface area contributed by atoms with Crippen molar-refractivity contribution in [2.75, 3.05) is 13.1 Å². The van der Waals surface area contributed by atoms with Crippen molar-refractivity contribution in [2.24, 2.45) is 5.92 Å². The number of β-amino-alcohol motifs (C(OH)–C–C–N with tert-alkyl or cyclic N) is 1. The fourth-order valence-corrected chi connectivity index (χ4v) is 4.21. The number of hydrogen-bond donors (Lipinski definition) is 1. The van der Waals surface area contributed by atoms with Gasteiger partial charge in [-0.2, -0.15) is 5.10 Å². The molecule has 1 aliphatic heterocycles. The number of nitrogens with zero attached hydrogens (tertiary/aromatic N) is 4. The standard InChI is InChI=1S/C22H28N4O/c1-3-10-26-16(2)19(12-24-26)14-25-13-18(22(27)15-25)11-17-8-9-23-21-7-5-4-6-20(17)21/h4-9,12,18,22,27H,3,10-11,13-15H2,1-2H3/t18-,22+/m1/s1. The van der Waals surface area contributed by atoms with Crippen LogP contribution >= 0.6 is 0 Å². The van der Waals surface area contributed by atoms with E-state index in [2.05, 4.69) is 51.7 Å². The number of para-hydroxylation sites is 1. The Balaban J connectivity index is 1.45. The second kappa shape index (κ2) is 7.79. The summed E-state index contributed by atoms with van der Waals surface area (Å²) in [5.41, 5.74) is 4.82. The summed E-state index contributed by atoms with van der Waals surface area (Å²) in [5, 5.41) is 16.4. The van der Waals surface area contributed by atoms with Gasteiger partial charge in [0.25, 0.3) is 0 Å². The predicted molar refractivity (Wildman–Crippen MR) is 107 cm³/mol. The van der Waals surface area contributed by atoms with Gasteiger partial charge in [0.05, 0.1) is 17.8 Å². The molecular formula is C22H28N4O. The molecule has 3 aromatic rings. The van der Waals surface area contributed by atoms with Crippen LogP contribution < -0.4 is 0 Å². The van der Waals surface area contributed by atoms with E-state index in [0.717, 1.165) is 44.5 Å². The molecule has 1 aliphatic rings. The van der Waals surface area contributed by atoms with E-state index in [1.807, 2.05) is 24.5 Å². The smallest absolute Gasteiger partial charge is 0.0710 e. The first kappa shape index (κ1) is 18.1. The summed E-state index contributed by atoms with van der Waals surface area (Å²) >= 11 is 0. The first-order valence-electron chi connectivity index (χ1n) is 9.90. The van der Waals surface area contributed by atoms with Crippen molar-refractivity contribution < 1.29 is 5.11 Å². The molecule has 2 aromatic heterocycles. The molecule has 0 aliphatic carbocycles. The van der Waals surface area contributed by atoms with Crippen LogP contribution in [0, 0.1) is 12.8 Å². The van der Waals surface area contributed by atoms with Gasteiger partial charge < -0.3 is 5.11 Å². The highest BCUT2D eigenvalue weighted by atomic mass is 16.3. The number of aryl methyl sites for hydroxylation is 1. The van der Waals surface area contributed by atoms with Crippen LogP contribution in [0.1, 0.15) is 30.2 Å². The molecule has 5 heteroatoms. The first-order valence-corrected chi connectivity index (χ1v) is 9.90. The molecule has 1 N–H and O–H groups in total. The minimum atomic E-state index is -0.289. The summed E-state index contributed by atoms with van der Waals surface area (Å²) in [7, 11) is 0. The quantitative estimate of drug-likeness (QED) is 0.730. The number of aromatic nitrogens is 3. The normalized spacial score (nSPS) is 20.6. The zero-order valence-electron chi connectivity index (χ0n) is 16.2. The Morgan fingerprint density at radius 2 is 2.00 bits per heavy atom. The number of aliphatic hydroxyl groups excluding tert-OH is 1. The molecule has 1 saturated heterocycles. The van der Waals surface area contributed by atoms with Crippen LogP contribution in [0.4, 0.5) is 0 Å². The zero-order valence-corrected chi connectivity index (χ0v) is 16.2. The third kappa shape index (κ3) is 3.75. The predicted octanol–water partition coefficient (Wildman–Crippen LogP) is 3.19. The van der Waals surface area contributed by atoms with E-state index in [4.69, 9.17) is 0 Å². The van der Waals surface area contributed by atoms with Gasteiger partial charge in [0.2, 0.25) is 0 Å². The summed E-state index contributed by atoms with van der Waals surface area (Å²) in [4.78, 5) is 6.81. The fraction of sp³-hybridized carbons (Fsp3) is 0.455. The molecule has 0 spiro atoms. The molecular weight excluding hydrogens is 336 g/mol. The summed E-state index contributed by atoms with van der Waals surface area (Å²) in [6.07, 6.45) is 5.55. The number of pyridine rings is 1. The van der Waals surface area contributed by atoms with Crippen molar-refractivity contribution in [3.05, 3.63) is 59.5 Å². The topological polar surface area (TPSA) is 54.2 Å². The average molecular weight is 364 g/mol. The van der Waals surface area contributed by atoms with Gasteiger partial charge in [-0.25, -0.2) is 0 Å². The number of aliphatic hydroxyl groups is 1. The highest BCUT2D eigenvalue weighted by molar-refractivity contribution is 5.81. The van der Waals surface area contributed by atoms with Crippen molar-refractivity contribution in [3.63, 3.8) is 0 Å². The molecule has 0 amide bonds. The number of fused-ring (bicyclic) bond motifs is 1. The molecule has 0 radical (unpaired) electrons. The number of benzene rings is 1. The lowest BCUT2D eigenvalue weighted by molar-refractivity contribution is 0.141. The molecule has 5 nitrogen and oxygen atoms in total. The minimum absolute atomic E-state index is 0.252. The van der Waals surface area contributed by atoms with E-state index in [1.165, 1.54) is 22.2 Å². The Bertz CT molecular complexity index is 914. The van der Waals surface area contributed by atoms with Gasteiger partial charge in [0, 0.05) is 54.9 Å². The Hall–Kier alpha value is -2.24. The summed E-state index contributed by atoms with van der Waals surface area (Å²) < 4.78 is 2.09. The summed E-state index contributed by atoms with van der Waals surface area (Å²) in [5.74, 6) is 0.252. The summed E-state index contributed by atoms with van der Waals surface area (Å²) in [6, 6.07) is 10.3. The lowest BCUT2D eigenvalue weighted by atomic mass is 9.94. The van der Waals surface area contributed by atoms with Crippen LogP contribution in [-0.2, 0) is 19.5 Å². The largest absolute Gasteiger partial charge is 0.391 e. The second-order valence-electron chi connectivity index (χ2n) is 7.69. The van der Waals surface area contributed by atoms with Crippen LogP contribution in [0.25, 0.3) is 10.9 Å². The maximum Gasteiger partial charge on any atom is 0.0710 e. The number of rotatable bonds is 6. The Morgan fingerprint density at radius 3 is 2.85 bits per heavy atom. The molecule has 2 atom stereocenters. The van der Waals surface area contributed by atoms with Gasteiger partial charge in [-0.05, 0) is 37.5 Å². The molecule has 3 heterocycles. The van der Waals surface area contributed by atoms with Gasteiger partial charge in [0.15, 0.2) is 0 Å². The van der Waals surface area contributed by atoms with Crippen LogP contribution in [0.3, 0.4) is 0 Å². The van der Waals surface area contributed by atoms with Gasteiger partial charge >= 0.3 is 0 Å². The third-order valence-electron chi connectivity index (χ3n) is 5.74. The van der Waals surface area contributed by atoms with Gasteiger partial charge in [0.1, 0.15) is 0 Å². The van der Waals surface area contributed by atoms with Crippen molar-refractivity contribution in [1.29, 1.82) is 0 Å². The Kier molecular flexibility index (Phi) is 5.23. The maximum atomic E-state index is 10.7. The third-order valence-corrected chi connectivity index (χ3v) is 5.74. The monoisotopic (exact) mass is 364 g/mol. The number of hydrogen-bond acceptors (Lipinski definition) is 4. The SMILES string of the molecule is CCCn1ncc(CN2C[C@@H](Cc3ccnc4ccccc34)[C@@H](O)C2)c1C. The van der Waals surface area contributed by atoms with Gasteiger partial charge in [-0.15, -0.1) is 0 Å². The molecule has 0 unspecified atom stereocenters. The van der Waals surface area contributed by atoms with Crippen molar-refractivity contribution in [2.45, 2.75) is 45.9 Å². The second-order valence-corrected chi connectivity index (χ2v) is 7.69. The molecule has 4 rings (SSSR count). The van der Waals surface area contributed by atoms with E-state index in [9.17, 15) is 5.11 Å². The molecule has 142 valence electrons. The van der Waals surface area contributed by atoms with Crippen LogP contribution in [0.5, 0.6) is 0 Å². The fourth-order valence-electron chi connectivity index (χ4n) is 4.21. The Morgan fingerprint density at radius 1 is 1.15 bits per heavy atom. The highest BCUT2D eigenvalue weighted by Gasteiger charge is 2.32. The molecule has 27 heavy (non-hydrogen) atoms. The van der Waals surface area contributed by atoms with Crippen molar-refractivity contribution in [3.8, 4) is 0 Å². The Labute approximate surface area is 160 Å². The maximum absolute atomic E-state index is 10.7. The summed E-state index contributed by atoms with van der Waals surface area (Å²) in [6.45, 7) is 7.78. The highest BCUT2D eigenvalue weighted by Crippen LogP contribution is 2.26.